The molecule has 0 saturated heterocycles. The Balaban J connectivity index is 2.54. The molecule has 0 amide bonds. The second-order valence-corrected chi connectivity index (χ2v) is 5.74. The van der Waals surface area contributed by atoms with Gasteiger partial charge in [0.05, 0.1) is 0 Å². The average Bonchev–Trinajstić information content (AvgIpc) is 2.34. The van der Waals surface area contributed by atoms with Crippen LogP contribution in [0.2, 0.25) is 0 Å². The van der Waals surface area contributed by atoms with Gasteiger partial charge < -0.3 is 10.4 Å². The fraction of sp³-hybridized carbons (Fsp3) is 0.600. The zero-order chi connectivity index (χ0) is 12.5. The van der Waals surface area contributed by atoms with Gasteiger partial charge in [-0.15, -0.1) is 0 Å². The van der Waals surface area contributed by atoms with Crippen LogP contribution in [0.3, 0.4) is 0 Å². The summed E-state index contributed by atoms with van der Waals surface area (Å²) in [5, 5.41) is 12.8. The van der Waals surface area contributed by atoms with Crippen molar-refractivity contribution >= 4 is 0 Å². The van der Waals surface area contributed by atoms with Gasteiger partial charge in [-0.05, 0) is 42.9 Å². The third-order valence-corrected chi connectivity index (χ3v) is 4.37. The molecule has 2 rings (SSSR count). The minimum Gasteiger partial charge on any atom is -0.396 e. The molecule has 0 bridgehead atoms. The Kier molecular flexibility index (Phi) is 3.28. The van der Waals surface area contributed by atoms with Crippen LogP contribution in [0.1, 0.15) is 44.2 Å². The Labute approximate surface area is 104 Å². The summed E-state index contributed by atoms with van der Waals surface area (Å²) in [6, 6.07) is 8.66. The number of aliphatic hydroxyl groups excluding tert-OH is 1. The Bertz CT molecular complexity index is 400. The summed E-state index contributed by atoms with van der Waals surface area (Å²) in [6.07, 6.45) is 3.04. The first-order chi connectivity index (χ1) is 8.06. The van der Waals surface area contributed by atoms with Crippen molar-refractivity contribution in [3.8, 4) is 0 Å². The summed E-state index contributed by atoms with van der Waals surface area (Å²) in [5.74, 6) is 0. The van der Waals surface area contributed by atoms with Crippen LogP contribution in [0.5, 0.6) is 0 Å². The van der Waals surface area contributed by atoms with Crippen molar-refractivity contribution in [3.63, 3.8) is 0 Å². The van der Waals surface area contributed by atoms with Gasteiger partial charge in [0.15, 0.2) is 0 Å². The second-order valence-electron chi connectivity index (χ2n) is 5.74. The monoisotopic (exact) mass is 233 g/mol. The van der Waals surface area contributed by atoms with Gasteiger partial charge in [0.1, 0.15) is 0 Å². The maximum Gasteiger partial charge on any atom is 0.0457 e. The number of rotatable bonds is 3. The van der Waals surface area contributed by atoms with E-state index in [2.05, 4.69) is 43.4 Å². The summed E-state index contributed by atoms with van der Waals surface area (Å²) in [5.41, 5.74) is 3.00. The Morgan fingerprint density at radius 1 is 1.18 bits per heavy atom. The smallest absolute Gasteiger partial charge is 0.0457 e. The maximum atomic E-state index is 9.33. The quantitative estimate of drug-likeness (QED) is 0.841. The first-order valence-electron chi connectivity index (χ1n) is 6.45. The lowest BCUT2D eigenvalue weighted by Gasteiger charge is -2.45. The molecule has 2 nitrogen and oxygen atoms in total. The topological polar surface area (TPSA) is 32.3 Å². The predicted molar refractivity (Wildman–Crippen MR) is 71.1 cm³/mol. The molecule has 2 heteroatoms. The molecule has 0 heterocycles. The lowest BCUT2D eigenvalue weighted by Crippen LogP contribution is -2.47. The highest BCUT2D eigenvalue weighted by molar-refractivity contribution is 5.41. The third-order valence-electron chi connectivity index (χ3n) is 4.37. The molecule has 0 radical (unpaired) electrons. The molecule has 0 aromatic heterocycles. The van der Waals surface area contributed by atoms with Gasteiger partial charge in [0, 0.05) is 12.1 Å². The summed E-state index contributed by atoms with van der Waals surface area (Å²) in [4.78, 5) is 0. The zero-order valence-electron chi connectivity index (χ0n) is 11.1. The maximum absolute atomic E-state index is 9.33. The van der Waals surface area contributed by atoms with Gasteiger partial charge in [-0.25, -0.2) is 0 Å². The summed E-state index contributed by atoms with van der Waals surface area (Å²) in [6.45, 7) is 4.85. The van der Waals surface area contributed by atoms with E-state index in [1.54, 1.807) is 0 Å². The van der Waals surface area contributed by atoms with Crippen molar-refractivity contribution in [1.29, 1.82) is 0 Å². The highest BCUT2D eigenvalue weighted by atomic mass is 16.3. The van der Waals surface area contributed by atoms with Crippen molar-refractivity contribution < 1.29 is 5.11 Å². The van der Waals surface area contributed by atoms with Gasteiger partial charge in [-0.3, -0.25) is 0 Å². The molecule has 1 aromatic carbocycles. The first kappa shape index (κ1) is 12.6. The molecule has 0 fully saturated rings. The molecule has 0 saturated carbocycles. The molecule has 1 unspecified atom stereocenters. The van der Waals surface area contributed by atoms with Gasteiger partial charge >= 0.3 is 0 Å². The Hall–Kier alpha value is -0.860. The van der Waals surface area contributed by atoms with E-state index in [-0.39, 0.29) is 17.6 Å². The number of fused-ring (bicyclic) bond motifs is 1. The fourth-order valence-corrected chi connectivity index (χ4v) is 3.12. The number of aliphatic hydroxyl groups is 1. The van der Waals surface area contributed by atoms with Crippen LogP contribution < -0.4 is 5.32 Å². The number of hydrogen-bond donors (Lipinski definition) is 2. The second kappa shape index (κ2) is 4.43. The van der Waals surface area contributed by atoms with Gasteiger partial charge in [0.25, 0.3) is 0 Å². The van der Waals surface area contributed by atoms with Crippen molar-refractivity contribution in [2.75, 3.05) is 13.7 Å². The van der Waals surface area contributed by atoms with Crippen LogP contribution in [0, 0.1) is 0 Å². The van der Waals surface area contributed by atoms with E-state index in [0.717, 1.165) is 19.3 Å². The van der Waals surface area contributed by atoms with Crippen LogP contribution in [-0.4, -0.2) is 18.8 Å². The third kappa shape index (κ3) is 2.00. The molecule has 1 aliphatic rings. The van der Waals surface area contributed by atoms with Gasteiger partial charge in [0.2, 0.25) is 0 Å². The van der Waals surface area contributed by atoms with Gasteiger partial charge in [-0.2, -0.15) is 0 Å². The van der Waals surface area contributed by atoms with Crippen molar-refractivity contribution in [1.82, 2.24) is 5.32 Å². The van der Waals surface area contributed by atoms with E-state index < -0.39 is 0 Å². The molecular weight excluding hydrogens is 210 g/mol. The van der Waals surface area contributed by atoms with Crippen LogP contribution in [-0.2, 0) is 11.0 Å². The molecular formula is C15H23NO. The summed E-state index contributed by atoms with van der Waals surface area (Å²) < 4.78 is 0. The normalized spacial score (nSPS) is 26.6. The largest absolute Gasteiger partial charge is 0.396 e. The molecule has 2 N–H and O–H groups in total. The standard InChI is InChI=1S/C15H23NO/c1-14(2)8-9-15(16-3,10-11-17)13-7-5-4-6-12(13)14/h4-7,16-17H,8-11H2,1-3H3. The van der Waals surface area contributed by atoms with E-state index in [9.17, 15) is 5.11 Å². The average molecular weight is 233 g/mol. The minimum atomic E-state index is -0.0408. The molecule has 1 aromatic rings. The van der Waals surface area contributed by atoms with Crippen LogP contribution in [0.4, 0.5) is 0 Å². The highest BCUT2D eigenvalue weighted by Crippen LogP contribution is 2.45. The lowest BCUT2D eigenvalue weighted by molar-refractivity contribution is 0.181. The number of benzene rings is 1. The molecule has 17 heavy (non-hydrogen) atoms. The molecule has 1 aliphatic carbocycles. The molecule has 1 atom stereocenters. The van der Waals surface area contributed by atoms with E-state index in [0.29, 0.717) is 0 Å². The lowest BCUT2D eigenvalue weighted by atomic mass is 9.64. The summed E-state index contributed by atoms with van der Waals surface area (Å²) >= 11 is 0. The molecule has 94 valence electrons. The van der Waals surface area contributed by atoms with Crippen molar-refractivity contribution in [2.24, 2.45) is 0 Å². The number of nitrogens with one attached hydrogen (secondary N) is 1. The molecule has 0 aliphatic heterocycles. The number of hydrogen-bond acceptors (Lipinski definition) is 2. The predicted octanol–water partition coefficient (Wildman–Crippen LogP) is 2.56. The van der Waals surface area contributed by atoms with E-state index >= 15 is 0 Å². The Morgan fingerprint density at radius 3 is 2.41 bits per heavy atom. The van der Waals surface area contributed by atoms with Crippen LogP contribution in [0.15, 0.2) is 24.3 Å². The van der Waals surface area contributed by atoms with E-state index in [1.807, 2.05) is 7.05 Å². The van der Waals surface area contributed by atoms with Crippen molar-refractivity contribution in [3.05, 3.63) is 35.4 Å². The van der Waals surface area contributed by atoms with Crippen LogP contribution >= 0.6 is 0 Å². The van der Waals surface area contributed by atoms with Crippen LogP contribution in [0.25, 0.3) is 0 Å². The molecule has 0 spiro atoms. The fourth-order valence-electron chi connectivity index (χ4n) is 3.12. The van der Waals surface area contributed by atoms with E-state index in [4.69, 9.17) is 0 Å². The summed E-state index contributed by atoms with van der Waals surface area (Å²) in [7, 11) is 2.00. The first-order valence-corrected chi connectivity index (χ1v) is 6.45. The van der Waals surface area contributed by atoms with Gasteiger partial charge in [-0.1, -0.05) is 38.1 Å². The SMILES string of the molecule is CNC1(CCO)CCC(C)(C)c2ccccc21. The highest BCUT2D eigenvalue weighted by Gasteiger charge is 2.41. The minimum absolute atomic E-state index is 0.0408. The Morgan fingerprint density at radius 2 is 1.82 bits per heavy atom. The zero-order valence-corrected chi connectivity index (χ0v) is 11.1. The van der Waals surface area contributed by atoms with E-state index in [1.165, 1.54) is 11.1 Å². The van der Waals surface area contributed by atoms with Crippen molar-refractivity contribution in [2.45, 2.75) is 44.1 Å².